The Morgan fingerprint density at radius 1 is 1.10 bits per heavy atom. The fourth-order valence-corrected chi connectivity index (χ4v) is 1.78. The number of benzene rings is 2. The molecule has 0 aliphatic rings. The van der Waals surface area contributed by atoms with Gasteiger partial charge in [-0.2, -0.15) is 18.4 Å². The molecule has 0 saturated heterocycles. The van der Waals surface area contributed by atoms with E-state index in [0.717, 1.165) is 6.07 Å². The van der Waals surface area contributed by atoms with Gasteiger partial charge in [0.2, 0.25) is 0 Å². The maximum absolute atomic E-state index is 13.1. The summed E-state index contributed by atoms with van der Waals surface area (Å²) in [5, 5.41) is 8.74. The Morgan fingerprint density at radius 2 is 1.81 bits per heavy atom. The van der Waals surface area contributed by atoms with Gasteiger partial charge in [-0.25, -0.2) is 4.39 Å². The minimum Gasteiger partial charge on any atom is -0.456 e. The molecule has 0 spiro atoms. The van der Waals surface area contributed by atoms with Gasteiger partial charge in [-0.05, 0) is 36.4 Å². The zero-order valence-corrected chi connectivity index (χ0v) is 11.0. The van der Waals surface area contributed by atoms with Crippen LogP contribution in [0.1, 0.15) is 11.1 Å². The minimum atomic E-state index is -4.82. The van der Waals surface area contributed by atoms with E-state index in [1.54, 1.807) is 0 Å². The summed E-state index contributed by atoms with van der Waals surface area (Å²) < 4.78 is 56.1. The van der Waals surface area contributed by atoms with Crippen molar-refractivity contribution in [1.82, 2.24) is 0 Å². The SMILES string of the molecule is N#Cc1ccc(Oc2ccc(F)c(C(F)(F)F)c2)c(Cl)c1. The van der Waals surface area contributed by atoms with Crippen molar-refractivity contribution in [1.29, 1.82) is 5.26 Å². The van der Waals surface area contributed by atoms with Crippen LogP contribution in [0, 0.1) is 17.1 Å². The Morgan fingerprint density at radius 3 is 2.38 bits per heavy atom. The number of hydrogen-bond acceptors (Lipinski definition) is 2. The van der Waals surface area contributed by atoms with Gasteiger partial charge in [0, 0.05) is 0 Å². The summed E-state index contributed by atoms with van der Waals surface area (Å²) in [7, 11) is 0. The van der Waals surface area contributed by atoms with Crippen molar-refractivity contribution in [3.63, 3.8) is 0 Å². The molecule has 0 amide bonds. The number of rotatable bonds is 2. The van der Waals surface area contributed by atoms with Crippen molar-refractivity contribution in [2.75, 3.05) is 0 Å². The molecule has 2 rings (SSSR count). The van der Waals surface area contributed by atoms with Crippen molar-refractivity contribution in [2.24, 2.45) is 0 Å². The lowest BCUT2D eigenvalue weighted by molar-refractivity contribution is -0.140. The van der Waals surface area contributed by atoms with Crippen molar-refractivity contribution < 1.29 is 22.3 Å². The Hall–Kier alpha value is -2.26. The van der Waals surface area contributed by atoms with Gasteiger partial charge in [-0.3, -0.25) is 0 Å². The first-order chi connectivity index (χ1) is 9.81. The topological polar surface area (TPSA) is 33.0 Å². The monoisotopic (exact) mass is 315 g/mol. The highest BCUT2D eigenvalue weighted by atomic mass is 35.5. The van der Waals surface area contributed by atoms with Crippen LogP contribution in [0.4, 0.5) is 17.6 Å². The van der Waals surface area contributed by atoms with Crippen LogP contribution in [0.5, 0.6) is 11.5 Å². The number of hydrogen-bond donors (Lipinski definition) is 0. The lowest BCUT2D eigenvalue weighted by Crippen LogP contribution is -2.08. The zero-order valence-electron chi connectivity index (χ0n) is 10.2. The van der Waals surface area contributed by atoms with Crippen LogP contribution in [-0.4, -0.2) is 0 Å². The first-order valence-corrected chi connectivity index (χ1v) is 5.93. The van der Waals surface area contributed by atoms with Crippen molar-refractivity contribution >= 4 is 11.6 Å². The van der Waals surface area contributed by atoms with E-state index in [2.05, 4.69) is 0 Å². The molecule has 108 valence electrons. The number of alkyl halides is 3. The molecular weight excluding hydrogens is 310 g/mol. The summed E-state index contributed by atoms with van der Waals surface area (Å²) in [6.07, 6.45) is -4.82. The normalized spacial score (nSPS) is 11.0. The van der Waals surface area contributed by atoms with Crippen molar-refractivity contribution in [3.05, 3.63) is 58.4 Å². The van der Waals surface area contributed by atoms with Gasteiger partial charge in [0.25, 0.3) is 0 Å². The molecule has 2 aromatic rings. The average molecular weight is 316 g/mol. The predicted molar refractivity (Wildman–Crippen MR) is 67.6 cm³/mol. The fraction of sp³-hybridized carbons (Fsp3) is 0.0714. The molecule has 0 atom stereocenters. The van der Waals surface area contributed by atoms with Crippen molar-refractivity contribution in [2.45, 2.75) is 6.18 Å². The second kappa shape index (κ2) is 5.62. The number of ether oxygens (including phenoxy) is 1. The maximum atomic E-state index is 13.1. The average Bonchev–Trinajstić information content (AvgIpc) is 2.41. The molecule has 0 aliphatic heterocycles. The van der Waals surface area contributed by atoms with Gasteiger partial charge in [0.1, 0.15) is 17.3 Å². The zero-order chi connectivity index (χ0) is 15.6. The van der Waals surface area contributed by atoms with Crippen LogP contribution in [0.3, 0.4) is 0 Å². The summed E-state index contributed by atoms with van der Waals surface area (Å²) >= 11 is 5.85. The molecular formula is C14H6ClF4NO. The Balaban J connectivity index is 2.35. The second-order valence-corrected chi connectivity index (χ2v) is 4.41. The van der Waals surface area contributed by atoms with Gasteiger partial charge in [-0.15, -0.1) is 0 Å². The van der Waals surface area contributed by atoms with Gasteiger partial charge in [0.15, 0.2) is 0 Å². The molecule has 0 aromatic heterocycles. The van der Waals surface area contributed by atoms with E-state index in [1.165, 1.54) is 18.2 Å². The summed E-state index contributed by atoms with van der Waals surface area (Å²) in [6, 6.07) is 8.17. The molecule has 0 saturated carbocycles. The lowest BCUT2D eigenvalue weighted by Gasteiger charge is -2.12. The first kappa shape index (κ1) is 15.1. The second-order valence-electron chi connectivity index (χ2n) is 4.00. The highest BCUT2D eigenvalue weighted by Gasteiger charge is 2.34. The first-order valence-electron chi connectivity index (χ1n) is 5.55. The molecule has 0 N–H and O–H groups in total. The molecule has 21 heavy (non-hydrogen) atoms. The number of halogens is 5. The number of nitrogens with zero attached hydrogens (tertiary/aromatic N) is 1. The third-order valence-electron chi connectivity index (χ3n) is 2.53. The highest BCUT2D eigenvalue weighted by Crippen LogP contribution is 2.36. The summed E-state index contributed by atoms with van der Waals surface area (Å²) in [4.78, 5) is 0. The van der Waals surface area contributed by atoms with Gasteiger partial charge >= 0.3 is 6.18 Å². The van der Waals surface area contributed by atoms with Gasteiger partial charge < -0.3 is 4.74 Å². The Kier molecular flexibility index (Phi) is 4.05. The van der Waals surface area contributed by atoms with Gasteiger partial charge in [0.05, 0.1) is 22.2 Å². The van der Waals surface area contributed by atoms with E-state index in [4.69, 9.17) is 21.6 Å². The van der Waals surface area contributed by atoms with Crippen LogP contribution in [0.2, 0.25) is 5.02 Å². The highest BCUT2D eigenvalue weighted by molar-refractivity contribution is 6.32. The maximum Gasteiger partial charge on any atom is 0.419 e. The van der Waals surface area contributed by atoms with Gasteiger partial charge in [-0.1, -0.05) is 11.6 Å². The van der Waals surface area contributed by atoms with E-state index >= 15 is 0 Å². The Labute approximate surface area is 122 Å². The van der Waals surface area contributed by atoms with Crippen molar-refractivity contribution in [3.8, 4) is 17.6 Å². The van der Waals surface area contributed by atoms with E-state index in [9.17, 15) is 17.6 Å². The molecule has 2 aromatic carbocycles. The molecule has 0 bridgehead atoms. The smallest absolute Gasteiger partial charge is 0.419 e. The molecule has 2 nitrogen and oxygen atoms in total. The summed E-state index contributed by atoms with van der Waals surface area (Å²) in [5.74, 6) is -1.54. The minimum absolute atomic E-state index is 0.0620. The molecule has 0 fully saturated rings. The lowest BCUT2D eigenvalue weighted by atomic mass is 10.2. The van der Waals surface area contributed by atoms with E-state index < -0.39 is 17.6 Å². The standard InChI is InChI=1S/C14H6ClF4NO/c15-11-5-8(7-20)1-4-13(11)21-9-2-3-12(16)10(6-9)14(17,18)19/h1-6H. The predicted octanol–water partition coefficient (Wildman–Crippen LogP) is 5.16. The molecule has 0 unspecified atom stereocenters. The van der Waals surface area contributed by atoms with Crippen LogP contribution in [0.15, 0.2) is 36.4 Å². The third-order valence-corrected chi connectivity index (χ3v) is 2.83. The van der Waals surface area contributed by atoms with Crippen LogP contribution >= 0.6 is 11.6 Å². The molecule has 0 aliphatic carbocycles. The largest absolute Gasteiger partial charge is 0.456 e. The fourth-order valence-electron chi connectivity index (χ4n) is 1.57. The quantitative estimate of drug-likeness (QED) is 0.717. The molecule has 7 heteroatoms. The van der Waals surface area contributed by atoms with E-state index in [0.29, 0.717) is 12.1 Å². The number of nitriles is 1. The van der Waals surface area contributed by atoms with E-state index in [1.807, 2.05) is 6.07 Å². The summed E-state index contributed by atoms with van der Waals surface area (Å²) in [6.45, 7) is 0. The van der Waals surface area contributed by atoms with Crippen LogP contribution in [-0.2, 0) is 6.18 Å². The van der Waals surface area contributed by atoms with Crippen LogP contribution < -0.4 is 4.74 Å². The van der Waals surface area contributed by atoms with Crippen LogP contribution in [0.25, 0.3) is 0 Å². The Bertz CT molecular complexity index is 722. The van der Waals surface area contributed by atoms with E-state index in [-0.39, 0.29) is 22.1 Å². The molecule has 0 heterocycles. The molecule has 0 radical (unpaired) electrons. The summed E-state index contributed by atoms with van der Waals surface area (Å²) in [5.41, 5.74) is -1.15. The third kappa shape index (κ3) is 3.44.